The van der Waals surface area contributed by atoms with Crippen molar-refractivity contribution in [2.45, 2.75) is 25.3 Å². The number of fused-ring (bicyclic) bond motifs is 1. The van der Waals surface area contributed by atoms with E-state index in [2.05, 4.69) is 24.6 Å². The van der Waals surface area contributed by atoms with Crippen LogP contribution in [0.2, 0.25) is 9.36 Å². The maximum absolute atomic E-state index is 12.5. The molecule has 3 aromatic rings. The van der Waals surface area contributed by atoms with E-state index in [1.54, 1.807) is 18.6 Å². The molecule has 1 aliphatic rings. The number of hydrogen-bond acceptors (Lipinski definition) is 6. The molecule has 0 aromatic carbocycles. The van der Waals surface area contributed by atoms with E-state index < -0.39 is 0 Å². The van der Waals surface area contributed by atoms with Crippen molar-refractivity contribution >= 4 is 40.6 Å². The summed E-state index contributed by atoms with van der Waals surface area (Å²) in [4.78, 5) is 25.6. The fraction of sp³-hybridized carbons (Fsp3) is 0.235. The zero-order chi connectivity index (χ0) is 18.1. The van der Waals surface area contributed by atoms with Crippen molar-refractivity contribution in [1.29, 1.82) is 0 Å². The second kappa shape index (κ2) is 7.26. The van der Waals surface area contributed by atoms with E-state index in [1.165, 1.54) is 0 Å². The van der Waals surface area contributed by atoms with E-state index in [0.29, 0.717) is 10.2 Å². The topological polar surface area (TPSA) is 80.7 Å². The Bertz CT molecular complexity index is 963. The summed E-state index contributed by atoms with van der Waals surface area (Å²) < 4.78 is 4.33. The molecule has 9 heteroatoms. The molecule has 4 rings (SSSR count). The lowest BCUT2D eigenvalue weighted by Gasteiger charge is -2.25. The van der Waals surface area contributed by atoms with Gasteiger partial charge in [0.1, 0.15) is 9.36 Å². The Morgan fingerprint density at radius 2 is 2.08 bits per heavy atom. The number of nitrogens with zero attached hydrogens (tertiary/aromatic N) is 4. The van der Waals surface area contributed by atoms with E-state index in [0.717, 1.165) is 47.6 Å². The molecule has 132 valence electrons. The Labute approximate surface area is 163 Å². The number of amides is 1. The smallest absolute Gasteiger partial charge is 0.273 e. The third-order valence-electron chi connectivity index (χ3n) is 4.24. The summed E-state index contributed by atoms with van der Waals surface area (Å²) >= 11 is 12.9. The Balaban J connectivity index is 1.59. The molecule has 1 amide bonds. The second-order valence-electron chi connectivity index (χ2n) is 5.87. The molecule has 1 atom stereocenters. The number of aromatic nitrogens is 4. The van der Waals surface area contributed by atoms with Crippen LogP contribution in [0.1, 0.15) is 40.6 Å². The summed E-state index contributed by atoms with van der Waals surface area (Å²) in [7, 11) is 0. The summed E-state index contributed by atoms with van der Waals surface area (Å²) in [6.07, 6.45) is 7.81. The van der Waals surface area contributed by atoms with Gasteiger partial charge >= 0.3 is 0 Å². The minimum atomic E-state index is -0.339. The average Bonchev–Trinajstić information content (AvgIpc) is 3.01. The highest BCUT2D eigenvalue weighted by Crippen LogP contribution is 2.32. The summed E-state index contributed by atoms with van der Waals surface area (Å²) in [6, 6.07) is 3.57. The summed E-state index contributed by atoms with van der Waals surface area (Å²) in [5.41, 5.74) is 2.95. The Kier molecular flexibility index (Phi) is 4.84. The molecule has 1 unspecified atom stereocenters. The SMILES string of the molecule is O=C(NC1CCCc2nc(-c3ccncc3)ncc21)c1nsc(Cl)c1Cl. The Morgan fingerprint density at radius 3 is 2.81 bits per heavy atom. The van der Waals surface area contributed by atoms with Crippen molar-refractivity contribution in [2.75, 3.05) is 0 Å². The first-order valence-electron chi connectivity index (χ1n) is 8.01. The van der Waals surface area contributed by atoms with Crippen LogP contribution in [-0.2, 0) is 6.42 Å². The van der Waals surface area contributed by atoms with Crippen molar-refractivity contribution in [1.82, 2.24) is 24.6 Å². The molecule has 0 bridgehead atoms. The lowest BCUT2D eigenvalue weighted by atomic mass is 9.92. The third kappa shape index (κ3) is 3.30. The molecule has 3 heterocycles. The molecule has 0 aliphatic heterocycles. The molecule has 1 aliphatic carbocycles. The highest BCUT2D eigenvalue weighted by molar-refractivity contribution is 7.11. The van der Waals surface area contributed by atoms with Gasteiger partial charge in [-0.1, -0.05) is 23.2 Å². The van der Waals surface area contributed by atoms with Gasteiger partial charge in [0.15, 0.2) is 11.5 Å². The second-order valence-corrected chi connectivity index (χ2v) is 7.62. The van der Waals surface area contributed by atoms with Crippen LogP contribution in [0, 0.1) is 0 Å². The fourth-order valence-electron chi connectivity index (χ4n) is 2.96. The molecular weight excluding hydrogens is 393 g/mol. The molecule has 3 aromatic heterocycles. The molecule has 0 radical (unpaired) electrons. The lowest BCUT2D eigenvalue weighted by Crippen LogP contribution is -2.32. The summed E-state index contributed by atoms with van der Waals surface area (Å²) in [6.45, 7) is 0. The first kappa shape index (κ1) is 17.3. The van der Waals surface area contributed by atoms with Gasteiger partial charge in [0.25, 0.3) is 5.91 Å². The van der Waals surface area contributed by atoms with Gasteiger partial charge in [0, 0.05) is 35.4 Å². The van der Waals surface area contributed by atoms with Crippen LogP contribution in [0.15, 0.2) is 30.7 Å². The number of rotatable bonds is 3. The molecule has 0 saturated carbocycles. The van der Waals surface area contributed by atoms with Crippen LogP contribution in [0.4, 0.5) is 0 Å². The van der Waals surface area contributed by atoms with Gasteiger partial charge in [-0.2, -0.15) is 4.37 Å². The minimum Gasteiger partial charge on any atom is -0.344 e. The fourth-order valence-corrected chi connectivity index (χ4v) is 3.96. The number of nitrogens with one attached hydrogen (secondary N) is 1. The van der Waals surface area contributed by atoms with Crippen molar-refractivity contribution in [2.24, 2.45) is 0 Å². The largest absolute Gasteiger partial charge is 0.344 e. The first-order valence-corrected chi connectivity index (χ1v) is 9.54. The van der Waals surface area contributed by atoms with Crippen LogP contribution in [-0.4, -0.2) is 25.2 Å². The van der Waals surface area contributed by atoms with E-state index in [1.807, 2.05) is 12.1 Å². The minimum absolute atomic E-state index is 0.156. The number of pyridine rings is 1. The first-order chi connectivity index (χ1) is 12.6. The van der Waals surface area contributed by atoms with Gasteiger partial charge in [-0.25, -0.2) is 9.97 Å². The highest BCUT2D eigenvalue weighted by atomic mass is 35.5. The average molecular weight is 406 g/mol. The Morgan fingerprint density at radius 1 is 1.27 bits per heavy atom. The zero-order valence-corrected chi connectivity index (χ0v) is 15.8. The predicted molar refractivity (Wildman–Crippen MR) is 101 cm³/mol. The quantitative estimate of drug-likeness (QED) is 0.708. The summed E-state index contributed by atoms with van der Waals surface area (Å²) in [5, 5.41) is 3.17. The number of hydrogen-bond donors (Lipinski definition) is 1. The van der Waals surface area contributed by atoms with Crippen LogP contribution in [0.3, 0.4) is 0 Å². The highest BCUT2D eigenvalue weighted by Gasteiger charge is 2.26. The molecule has 1 N–H and O–H groups in total. The standard InChI is InChI=1S/C17H13Cl2N5OS/c18-13-14(24-26-15(13)19)17(25)23-12-3-1-2-11-10(12)8-21-16(22-11)9-4-6-20-7-5-9/h4-8,12H,1-3H2,(H,23,25). The number of carbonyl (C=O) groups is 1. The maximum Gasteiger partial charge on any atom is 0.273 e. The molecular formula is C17H13Cl2N5OS. The van der Waals surface area contributed by atoms with Crippen molar-refractivity contribution in [3.8, 4) is 11.4 Å². The van der Waals surface area contributed by atoms with E-state index >= 15 is 0 Å². The van der Waals surface area contributed by atoms with Crippen molar-refractivity contribution in [3.05, 3.63) is 57.0 Å². The maximum atomic E-state index is 12.5. The molecule has 0 saturated heterocycles. The van der Waals surface area contributed by atoms with Gasteiger partial charge in [0.2, 0.25) is 0 Å². The molecule has 0 spiro atoms. The van der Waals surface area contributed by atoms with Gasteiger partial charge in [-0.15, -0.1) is 0 Å². The van der Waals surface area contributed by atoms with Crippen LogP contribution < -0.4 is 5.32 Å². The zero-order valence-electron chi connectivity index (χ0n) is 13.4. The van der Waals surface area contributed by atoms with Crippen LogP contribution >= 0.6 is 34.7 Å². The normalized spacial score (nSPS) is 16.2. The van der Waals surface area contributed by atoms with Gasteiger partial charge in [-0.05, 0) is 42.9 Å². The van der Waals surface area contributed by atoms with Crippen LogP contribution in [0.25, 0.3) is 11.4 Å². The number of halogens is 2. The lowest BCUT2D eigenvalue weighted by molar-refractivity contribution is 0.0928. The molecule has 26 heavy (non-hydrogen) atoms. The number of aryl methyl sites for hydroxylation is 1. The van der Waals surface area contributed by atoms with Crippen LogP contribution in [0.5, 0.6) is 0 Å². The van der Waals surface area contributed by atoms with Crippen molar-refractivity contribution in [3.63, 3.8) is 0 Å². The predicted octanol–water partition coefficient (Wildman–Crippen LogP) is 4.11. The van der Waals surface area contributed by atoms with E-state index in [-0.39, 0.29) is 22.7 Å². The summed E-state index contributed by atoms with van der Waals surface area (Å²) in [5.74, 6) is 0.321. The van der Waals surface area contributed by atoms with Gasteiger partial charge in [0.05, 0.1) is 6.04 Å². The number of carbonyl (C=O) groups excluding carboxylic acids is 1. The third-order valence-corrected chi connectivity index (χ3v) is 5.85. The molecule has 6 nitrogen and oxygen atoms in total. The van der Waals surface area contributed by atoms with Crippen molar-refractivity contribution < 1.29 is 4.79 Å². The Hall–Kier alpha value is -2.09. The molecule has 0 fully saturated rings. The monoisotopic (exact) mass is 405 g/mol. The van der Waals surface area contributed by atoms with E-state index in [9.17, 15) is 4.79 Å². The van der Waals surface area contributed by atoms with E-state index in [4.69, 9.17) is 23.2 Å². The van der Waals surface area contributed by atoms with Gasteiger partial charge in [-0.3, -0.25) is 9.78 Å². The van der Waals surface area contributed by atoms with Gasteiger partial charge < -0.3 is 5.32 Å².